The average molecular weight is 379 g/mol. The quantitative estimate of drug-likeness (QED) is 0.601. The number of hydrogen-bond donors (Lipinski definition) is 0. The molecule has 0 unspecified atom stereocenters. The van der Waals surface area contributed by atoms with E-state index in [0.717, 1.165) is 9.79 Å². The first-order chi connectivity index (χ1) is 12.6. The SMILES string of the molecule is Cc1ccc(CN(C)C(=O)c2ccccc2Sc2ccccc2C#N)s1. The Morgan fingerprint density at radius 3 is 2.46 bits per heavy atom. The molecule has 0 aliphatic heterocycles. The molecule has 1 heterocycles. The summed E-state index contributed by atoms with van der Waals surface area (Å²) in [6.45, 7) is 2.65. The van der Waals surface area contributed by atoms with Crippen molar-refractivity contribution in [2.24, 2.45) is 0 Å². The zero-order chi connectivity index (χ0) is 18.5. The van der Waals surface area contributed by atoms with E-state index in [4.69, 9.17) is 0 Å². The maximum absolute atomic E-state index is 13.0. The monoisotopic (exact) mass is 378 g/mol. The van der Waals surface area contributed by atoms with Crippen LogP contribution in [0.4, 0.5) is 0 Å². The molecule has 3 nitrogen and oxygen atoms in total. The molecule has 1 amide bonds. The van der Waals surface area contributed by atoms with Gasteiger partial charge in [-0.1, -0.05) is 36.0 Å². The highest BCUT2D eigenvalue weighted by Gasteiger charge is 2.17. The van der Waals surface area contributed by atoms with E-state index in [0.29, 0.717) is 17.7 Å². The predicted octanol–water partition coefficient (Wildman–Crippen LogP) is 5.35. The molecule has 2 aromatic carbocycles. The molecule has 0 spiro atoms. The van der Waals surface area contributed by atoms with E-state index >= 15 is 0 Å². The predicted molar refractivity (Wildman–Crippen MR) is 107 cm³/mol. The van der Waals surface area contributed by atoms with Crippen molar-refractivity contribution in [2.45, 2.75) is 23.3 Å². The Balaban J connectivity index is 1.84. The van der Waals surface area contributed by atoms with Gasteiger partial charge in [-0.05, 0) is 43.3 Å². The molecule has 130 valence electrons. The fraction of sp³-hybridized carbons (Fsp3) is 0.143. The molecule has 0 N–H and O–H groups in total. The lowest BCUT2D eigenvalue weighted by atomic mass is 10.2. The topological polar surface area (TPSA) is 44.1 Å². The van der Waals surface area contributed by atoms with Crippen LogP contribution in [0.5, 0.6) is 0 Å². The van der Waals surface area contributed by atoms with Gasteiger partial charge in [0.15, 0.2) is 0 Å². The van der Waals surface area contributed by atoms with Crippen LogP contribution in [0, 0.1) is 18.3 Å². The van der Waals surface area contributed by atoms with Crippen LogP contribution in [-0.4, -0.2) is 17.9 Å². The second-order valence-electron chi connectivity index (χ2n) is 5.88. The summed E-state index contributed by atoms with van der Waals surface area (Å²) in [5.74, 6) is -0.0198. The Bertz CT molecular complexity index is 972. The normalized spacial score (nSPS) is 10.3. The van der Waals surface area contributed by atoms with Crippen LogP contribution in [0.25, 0.3) is 0 Å². The summed E-state index contributed by atoms with van der Waals surface area (Å²) in [5, 5.41) is 9.29. The number of nitriles is 1. The molecular weight excluding hydrogens is 360 g/mol. The highest BCUT2D eigenvalue weighted by Crippen LogP contribution is 2.33. The molecule has 3 rings (SSSR count). The van der Waals surface area contributed by atoms with Gasteiger partial charge in [0.25, 0.3) is 5.91 Å². The van der Waals surface area contributed by atoms with Gasteiger partial charge in [-0.2, -0.15) is 5.26 Å². The number of hydrogen-bond acceptors (Lipinski definition) is 4. The number of carbonyl (C=O) groups is 1. The lowest BCUT2D eigenvalue weighted by molar-refractivity contribution is 0.0783. The summed E-state index contributed by atoms with van der Waals surface area (Å²) in [6, 6.07) is 21.3. The molecule has 0 fully saturated rings. The number of rotatable bonds is 5. The summed E-state index contributed by atoms with van der Waals surface area (Å²) >= 11 is 3.16. The molecule has 0 radical (unpaired) electrons. The minimum atomic E-state index is -0.0198. The zero-order valence-corrected chi connectivity index (χ0v) is 16.2. The molecule has 0 aliphatic rings. The second kappa shape index (κ2) is 8.22. The molecule has 0 bridgehead atoms. The Labute approximate surface area is 161 Å². The molecular formula is C21H18N2OS2. The minimum absolute atomic E-state index is 0.0198. The molecule has 0 atom stereocenters. The number of nitrogens with zero attached hydrogens (tertiary/aromatic N) is 2. The fourth-order valence-electron chi connectivity index (χ4n) is 2.58. The summed E-state index contributed by atoms with van der Waals surface area (Å²) in [6.07, 6.45) is 0. The van der Waals surface area contributed by atoms with Crippen molar-refractivity contribution in [3.05, 3.63) is 81.5 Å². The van der Waals surface area contributed by atoms with Crippen molar-refractivity contribution in [1.82, 2.24) is 4.90 Å². The number of aryl methyl sites for hydroxylation is 1. The summed E-state index contributed by atoms with van der Waals surface area (Å²) in [5.41, 5.74) is 1.27. The van der Waals surface area contributed by atoms with E-state index < -0.39 is 0 Å². The fourth-order valence-corrected chi connectivity index (χ4v) is 4.54. The zero-order valence-electron chi connectivity index (χ0n) is 14.6. The van der Waals surface area contributed by atoms with E-state index in [1.807, 2.05) is 49.5 Å². The molecule has 26 heavy (non-hydrogen) atoms. The summed E-state index contributed by atoms with van der Waals surface area (Å²) < 4.78 is 0. The van der Waals surface area contributed by atoms with E-state index in [1.165, 1.54) is 21.5 Å². The first kappa shape index (κ1) is 18.2. The van der Waals surface area contributed by atoms with Crippen molar-refractivity contribution < 1.29 is 4.79 Å². The van der Waals surface area contributed by atoms with Crippen molar-refractivity contribution in [2.75, 3.05) is 7.05 Å². The highest BCUT2D eigenvalue weighted by molar-refractivity contribution is 7.99. The second-order valence-corrected chi connectivity index (χ2v) is 8.34. The van der Waals surface area contributed by atoms with Gasteiger partial charge in [-0.15, -0.1) is 11.3 Å². The Hall–Kier alpha value is -2.55. The largest absolute Gasteiger partial charge is 0.337 e. The number of benzene rings is 2. The molecule has 1 aromatic heterocycles. The van der Waals surface area contributed by atoms with Gasteiger partial charge in [-0.3, -0.25) is 4.79 Å². The molecule has 0 saturated heterocycles. The maximum atomic E-state index is 13.0. The van der Waals surface area contributed by atoms with Gasteiger partial charge in [0, 0.05) is 26.6 Å². The van der Waals surface area contributed by atoms with Gasteiger partial charge in [0.05, 0.1) is 17.7 Å². The molecule has 0 saturated carbocycles. The average Bonchev–Trinajstić information content (AvgIpc) is 3.06. The van der Waals surface area contributed by atoms with Crippen molar-refractivity contribution in [1.29, 1.82) is 5.26 Å². The van der Waals surface area contributed by atoms with Crippen LogP contribution in [0.1, 0.15) is 25.7 Å². The van der Waals surface area contributed by atoms with Crippen molar-refractivity contribution in [3.63, 3.8) is 0 Å². The first-order valence-electron chi connectivity index (χ1n) is 8.15. The molecule has 3 aromatic rings. The lowest BCUT2D eigenvalue weighted by Crippen LogP contribution is -2.26. The lowest BCUT2D eigenvalue weighted by Gasteiger charge is -2.18. The van der Waals surface area contributed by atoms with E-state index in [1.54, 1.807) is 22.3 Å². The van der Waals surface area contributed by atoms with Crippen LogP contribution in [0.15, 0.2) is 70.5 Å². The number of thiophene rings is 1. The molecule has 5 heteroatoms. The number of amides is 1. The van der Waals surface area contributed by atoms with Crippen LogP contribution in [-0.2, 0) is 6.54 Å². The van der Waals surface area contributed by atoms with Gasteiger partial charge < -0.3 is 4.90 Å². The third-order valence-corrected chi connectivity index (χ3v) is 6.02. The van der Waals surface area contributed by atoms with Crippen LogP contribution in [0.3, 0.4) is 0 Å². The standard InChI is InChI=1S/C21H18N2OS2/c1-15-11-12-17(25-15)14-23(2)21(24)18-8-4-6-10-20(18)26-19-9-5-3-7-16(19)13-22/h3-12H,14H2,1-2H3. The number of carbonyl (C=O) groups excluding carboxylic acids is 1. The van der Waals surface area contributed by atoms with Crippen LogP contribution >= 0.6 is 23.1 Å². The van der Waals surface area contributed by atoms with E-state index in [-0.39, 0.29) is 5.91 Å². The summed E-state index contributed by atoms with van der Waals surface area (Å²) in [4.78, 5) is 18.8. The highest BCUT2D eigenvalue weighted by atomic mass is 32.2. The van der Waals surface area contributed by atoms with Gasteiger partial charge in [0.2, 0.25) is 0 Å². The van der Waals surface area contributed by atoms with Crippen molar-refractivity contribution >= 4 is 29.0 Å². The Morgan fingerprint density at radius 1 is 1.08 bits per heavy atom. The van der Waals surface area contributed by atoms with Crippen molar-refractivity contribution in [3.8, 4) is 6.07 Å². The summed E-state index contributed by atoms with van der Waals surface area (Å²) in [7, 11) is 1.82. The van der Waals surface area contributed by atoms with Gasteiger partial charge >= 0.3 is 0 Å². The smallest absolute Gasteiger partial charge is 0.255 e. The Kier molecular flexibility index (Phi) is 5.77. The minimum Gasteiger partial charge on any atom is -0.337 e. The van der Waals surface area contributed by atoms with E-state index in [2.05, 4.69) is 25.1 Å². The van der Waals surface area contributed by atoms with Gasteiger partial charge in [-0.25, -0.2) is 0 Å². The third-order valence-electron chi connectivity index (χ3n) is 3.88. The van der Waals surface area contributed by atoms with E-state index in [9.17, 15) is 10.1 Å². The molecule has 0 aliphatic carbocycles. The van der Waals surface area contributed by atoms with Crippen LogP contribution < -0.4 is 0 Å². The van der Waals surface area contributed by atoms with Gasteiger partial charge in [0.1, 0.15) is 6.07 Å². The third kappa shape index (κ3) is 4.16. The first-order valence-corrected chi connectivity index (χ1v) is 9.78. The maximum Gasteiger partial charge on any atom is 0.255 e. The Morgan fingerprint density at radius 2 is 1.77 bits per heavy atom. The van der Waals surface area contributed by atoms with Crippen LogP contribution in [0.2, 0.25) is 0 Å².